The lowest BCUT2D eigenvalue weighted by Crippen LogP contribution is -2.51. The van der Waals surface area contributed by atoms with Crippen LogP contribution in [0.15, 0.2) is 22.7 Å². The van der Waals surface area contributed by atoms with Gasteiger partial charge in [0, 0.05) is 16.6 Å². The molecule has 1 aromatic carbocycles. The van der Waals surface area contributed by atoms with E-state index in [0.717, 1.165) is 30.2 Å². The molecule has 0 saturated heterocycles. The van der Waals surface area contributed by atoms with Crippen LogP contribution in [0.5, 0.6) is 5.75 Å². The lowest BCUT2D eigenvalue weighted by Gasteiger charge is -2.28. The van der Waals surface area contributed by atoms with E-state index in [1.165, 1.54) is 0 Å². The molecule has 0 spiro atoms. The van der Waals surface area contributed by atoms with Gasteiger partial charge in [0.15, 0.2) is 0 Å². The lowest BCUT2D eigenvalue weighted by atomic mass is 9.97. The summed E-state index contributed by atoms with van der Waals surface area (Å²) in [4.78, 5) is 12.5. The highest BCUT2D eigenvalue weighted by molar-refractivity contribution is 9.10. The molecule has 1 aliphatic carbocycles. The van der Waals surface area contributed by atoms with Crippen molar-refractivity contribution in [3.8, 4) is 5.75 Å². The highest BCUT2D eigenvalue weighted by Crippen LogP contribution is 2.29. The Morgan fingerprint density at radius 3 is 2.62 bits per heavy atom. The van der Waals surface area contributed by atoms with E-state index in [1.54, 1.807) is 6.07 Å². The van der Waals surface area contributed by atoms with Gasteiger partial charge in [0.2, 0.25) is 0 Å². The Hall–Kier alpha value is -1.07. The number of nitrogens with two attached hydrogens (primary N) is 1. The van der Waals surface area contributed by atoms with Crippen LogP contribution in [0.2, 0.25) is 0 Å². The van der Waals surface area contributed by atoms with Crippen LogP contribution in [0.25, 0.3) is 0 Å². The van der Waals surface area contributed by atoms with Gasteiger partial charge in [-0.05, 0) is 44.9 Å². The van der Waals surface area contributed by atoms with Gasteiger partial charge in [0.05, 0.1) is 11.6 Å². The van der Waals surface area contributed by atoms with Gasteiger partial charge in [-0.2, -0.15) is 0 Å². The van der Waals surface area contributed by atoms with Gasteiger partial charge in [-0.1, -0.05) is 28.8 Å². The Morgan fingerprint density at radius 2 is 2.05 bits per heavy atom. The highest BCUT2D eigenvalue weighted by Gasteiger charge is 2.34. The summed E-state index contributed by atoms with van der Waals surface area (Å²) in [7, 11) is 0. The average Bonchev–Trinajstić information content (AvgIpc) is 2.86. The molecule has 0 atom stereocenters. The normalized spacial score (nSPS) is 17.0. The molecule has 4 nitrogen and oxygen atoms in total. The first-order valence-corrected chi connectivity index (χ1v) is 8.23. The predicted molar refractivity (Wildman–Crippen MR) is 87.6 cm³/mol. The minimum atomic E-state index is -0.238. The van der Waals surface area contributed by atoms with Crippen molar-refractivity contribution >= 4 is 21.8 Å². The number of ether oxygens (including phenoxy) is 1. The number of hydrogen-bond acceptors (Lipinski definition) is 3. The zero-order valence-corrected chi connectivity index (χ0v) is 14.2. The molecular formula is C16H23BrN2O2. The predicted octanol–water partition coefficient (Wildman–Crippen LogP) is 3.24. The maximum Gasteiger partial charge on any atom is 0.251 e. The monoisotopic (exact) mass is 354 g/mol. The summed E-state index contributed by atoms with van der Waals surface area (Å²) in [5.41, 5.74) is 6.23. The van der Waals surface area contributed by atoms with Crippen LogP contribution in [0, 0.1) is 0 Å². The summed E-state index contributed by atoms with van der Waals surface area (Å²) in [6.45, 7) is 4.41. The molecule has 0 aliphatic heterocycles. The van der Waals surface area contributed by atoms with Gasteiger partial charge >= 0.3 is 0 Å². The number of nitrogens with one attached hydrogen (secondary N) is 1. The van der Waals surface area contributed by atoms with Crippen LogP contribution in [0.4, 0.5) is 0 Å². The van der Waals surface area contributed by atoms with Gasteiger partial charge in [0.1, 0.15) is 5.75 Å². The second-order valence-electron chi connectivity index (χ2n) is 5.99. The quantitative estimate of drug-likeness (QED) is 0.852. The van der Waals surface area contributed by atoms with Crippen molar-refractivity contribution in [3.63, 3.8) is 0 Å². The van der Waals surface area contributed by atoms with Gasteiger partial charge in [-0.15, -0.1) is 0 Å². The number of hydrogen-bond donors (Lipinski definition) is 2. The zero-order chi connectivity index (χ0) is 15.5. The standard InChI is InChI=1S/C16H23BrN2O2/c1-11(2)21-14-8-12(7-13(17)9-14)15(20)19-16(10-18)5-3-4-6-16/h7-9,11H,3-6,10,18H2,1-2H3,(H,19,20). The van der Waals surface area contributed by atoms with E-state index in [2.05, 4.69) is 21.2 Å². The van der Waals surface area contributed by atoms with E-state index in [4.69, 9.17) is 10.5 Å². The maximum atomic E-state index is 12.5. The number of amides is 1. The molecule has 2 rings (SSSR count). The first-order valence-electron chi connectivity index (χ1n) is 7.44. The SMILES string of the molecule is CC(C)Oc1cc(Br)cc(C(=O)NC2(CN)CCCC2)c1. The zero-order valence-electron chi connectivity index (χ0n) is 12.6. The van der Waals surface area contributed by atoms with Gasteiger partial charge in [0.25, 0.3) is 5.91 Å². The molecule has 1 fully saturated rings. The lowest BCUT2D eigenvalue weighted by molar-refractivity contribution is 0.0902. The van der Waals surface area contributed by atoms with Crippen molar-refractivity contribution in [2.24, 2.45) is 5.73 Å². The maximum absolute atomic E-state index is 12.5. The van der Waals surface area contributed by atoms with Crippen molar-refractivity contribution in [1.29, 1.82) is 0 Å². The van der Waals surface area contributed by atoms with Crippen LogP contribution in [0.1, 0.15) is 49.9 Å². The van der Waals surface area contributed by atoms with Crippen LogP contribution < -0.4 is 15.8 Å². The summed E-state index contributed by atoms with van der Waals surface area (Å²) in [6.07, 6.45) is 4.23. The number of carbonyl (C=O) groups excluding carboxylic acids is 1. The fourth-order valence-electron chi connectivity index (χ4n) is 2.78. The third kappa shape index (κ3) is 4.20. The molecule has 1 saturated carbocycles. The largest absolute Gasteiger partial charge is 0.491 e. The van der Waals surface area contributed by atoms with Gasteiger partial charge < -0.3 is 15.8 Å². The summed E-state index contributed by atoms with van der Waals surface area (Å²) < 4.78 is 6.51. The molecule has 5 heteroatoms. The third-order valence-corrected chi connectivity index (χ3v) is 4.29. The topological polar surface area (TPSA) is 64.3 Å². The number of benzene rings is 1. The summed E-state index contributed by atoms with van der Waals surface area (Å²) in [6, 6.07) is 5.45. The smallest absolute Gasteiger partial charge is 0.251 e. The van der Waals surface area contributed by atoms with Crippen LogP contribution in [-0.2, 0) is 0 Å². The van der Waals surface area contributed by atoms with E-state index in [-0.39, 0.29) is 17.6 Å². The van der Waals surface area contributed by atoms with Crippen molar-refractivity contribution in [2.75, 3.05) is 6.54 Å². The first-order chi connectivity index (χ1) is 9.94. The van der Waals surface area contributed by atoms with Crippen molar-refractivity contribution < 1.29 is 9.53 Å². The summed E-state index contributed by atoms with van der Waals surface area (Å²) in [5.74, 6) is 0.606. The number of carbonyl (C=O) groups is 1. The second-order valence-corrected chi connectivity index (χ2v) is 6.90. The minimum absolute atomic E-state index is 0.0698. The molecule has 1 aliphatic rings. The fourth-order valence-corrected chi connectivity index (χ4v) is 3.25. The van der Waals surface area contributed by atoms with Gasteiger partial charge in [-0.25, -0.2) is 0 Å². The van der Waals surface area contributed by atoms with Crippen LogP contribution >= 0.6 is 15.9 Å². The summed E-state index contributed by atoms with van der Waals surface area (Å²) >= 11 is 3.43. The van der Waals surface area contributed by atoms with Crippen molar-refractivity contribution in [2.45, 2.75) is 51.2 Å². The molecule has 3 N–H and O–H groups in total. The van der Waals surface area contributed by atoms with E-state index in [9.17, 15) is 4.79 Å². The second kappa shape index (κ2) is 6.79. The highest BCUT2D eigenvalue weighted by atomic mass is 79.9. The van der Waals surface area contributed by atoms with Crippen LogP contribution in [0.3, 0.4) is 0 Å². The van der Waals surface area contributed by atoms with E-state index in [1.807, 2.05) is 26.0 Å². The van der Waals surface area contributed by atoms with E-state index < -0.39 is 0 Å². The fraction of sp³-hybridized carbons (Fsp3) is 0.562. The molecule has 1 aromatic rings. The minimum Gasteiger partial charge on any atom is -0.491 e. The Bertz CT molecular complexity index is 511. The van der Waals surface area contributed by atoms with Crippen LogP contribution in [-0.4, -0.2) is 24.1 Å². The number of rotatable bonds is 5. The van der Waals surface area contributed by atoms with Crippen molar-refractivity contribution in [3.05, 3.63) is 28.2 Å². The third-order valence-electron chi connectivity index (χ3n) is 3.84. The summed E-state index contributed by atoms with van der Waals surface area (Å²) in [5, 5.41) is 3.13. The molecule has 0 unspecified atom stereocenters. The Balaban J connectivity index is 2.16. The Kier molecular flexibility index (Phi) is 5.27. The molecule has 0 bridgehead atoms. The molecule has 0 heterocycles. The molecule has 0 radical (unpaired) electrons. The first kappa shape index (κ1) is 16.3. The Labute approximate surface area is 134 Å². The molecule has 116 valence electrons. The molecular weight excluding hydrogens is 332 g/mol. The molecule has 0 aromatic heterocycles. The van der Waals surface area contributed by atoms with E-state index >= 15 is 0 Å². The average molecular weight is 355 g/mol. The Morgan fingerprint density at radius 1 is 1.38 bits per heavy atom. The molecule has 21 heavy (non-hydrogen) atoms. The molecule has 1 amide bonds. The number of halogens is 1. The van der Waals surface area contributed by atoms with E-state index in [0.29, 0.717) is 17.9 Å². The van der Waals surface area contributed by atoms with Gasteiger partial charge in [-0.3, -0.25) is 4.79 Å². The van der Waals surface area contributed by atoms with Crippen molar-refractivity contribution in [1.82, 2.24) is 5.32 Å².